The zero-order valence-corrected chi connectivity index (χ0v) is 10.8. The molecule has 2 rings (SSSR count). The predicted octanol–water partition coefficient (Wildman–Crippen LogP) is 3.36. The van der Waals surface area contributed by atoms with Gasteiger partial charge in [-0.25, -0.2) is 13.6 Å². The summed E-state index contributed by atoms with van der Waals surface area (Å²) in [5.41, 5.74) is 1.20. The van der Waals surface area contributed by atoms with Gasteiger partial charge in [0, 0.05) is 23.9 Å². The second kappa shape index (κ2) is 6.14. The van der Waals surface area contributed by atoms with Gasteiger partial charge in [-0.15, -0.1) is 0 Å². The van der Waals surface area contributed by atoms with Crippen molar-refractivity contribution >= 4 is 11.7 Å². The maximum absolute atomic E-state index is 13.5. The van der Waals surface area contributed by atoms with E-state index in [1.54, 1.807) is 24.3 Å². The van der Waals surface area contributed by atoms with Gasteiger partial charge in [0.15, 0.2) is 0 Å². The van der Waals surface area contributed by atoms with E-state index in [4.69, 9.17) is 0 Å². The van der Waals surface area contributed by atoms with Gasteiger partial charge in [0.2, 0.25) is 0 Å². The molecule has 0 saturated heterocycles. The van der Waals surface area contributed by atoms with E-state index >= 15 is 0 Å². The van der Waals surface area contributed by atoms with Crippen molar-refractivity contribution in [2.24, 2.45) is 0 Å². The number of methoxy groups -OCH3 is 1. The van der Waals surface area contributed by atoms with Gasteiger partial charge in [-0.3, -0.25) is 0 Å². The van der Waals surface area contributed by atoms with Crippen LogP contribution in [0.4, 0.5) is 14.5 Å². The quantitative estimate of drug-likeness (QED) is 0.871. The first-order valence-electron chi connectivity index (χ1n) is 5.97. The molecule has 0 aliphatic heterocycles. The highest BCUT2D eigenvalue weighted by Gasteiger charge is 2.11. The molecule has 0 unspecified atom stereocenters. The van der Waals surface area contributed by atoms with Crippen molar-refractivity contribution < 1.29 is 18.3 Å². The highest BCUT2D eigenvalue weighted by Crippen LogP contribution is 2.18. The number of hydrogen-bond acceptors (Lipinski definition) is 3. The smallest absolute Gasteiger partial charge is 0.339 e. The summed E-state index contributed by atoms with van der Waals surface area (Å²) >= 11 is 0. The van der Waals surface area contributed by atoms with Gasteiger partial charge in [-0.2, -0.15) is 0 Å². The summed E-state index contributed by atoms with van der Waals surface area (Å²) < 4.78 is 31.0. The lowest BCUT2D eigenvalue weighted by molar-refractivity contribution is 0.0602. The van der Waals surface area contributed by atoms with Crippen molar-refractivity contribution in [2.75, 3.05) is 12.4 Å². The topological polar surface area (TPSA) is 38.3 Å². The third-order valence-electron chi connectivity index (χ3n) is 2.82. The minimum Gasteiger partial charge on any atom is -0.465 e. The first-order chi connectivity index (χ1) is 9.61. The van der Waals surface area contributed by atoms with E-state index in [-0.39, 0.29) is 6.54 Å². The number of anilines is 1. The summed E-state index contributed by atoms with van der Waals surface area (Å²) in [7, 11) is 1.29. The van der Waals surface area contributed by atoms with Gasteiger partial charge in [-0.1, -0.05) is 18.2 Å². The number of hydrogen-bond donors (Lipinski definition) is 1. The molecule has 1 N–H and O–H groups in total. The molecule has 20 heavy (non-hydrogen) atoms. The Bertz CT molecular complexity index is 629. The van der Waals surface area contributed by atoms with Gasteiger partial charge < -0.3 is 10.1 Å². The molecule has 0 aliphatic carbocycles. The van der Waals surface area contributed by atoms with Crippen LogP contribution in [0.2, 0.25) is 0 Å². The third-order valence-corrected chi connectivity index (χ3v) is 2.82. The Kier molecular flexibility index (Phi) is 4.30. The van der Waals surface area contributed by atoms with Crippen LogP contribution in [0.15, 0.2) is 42.5 Å². The molecule has 0 aliphatic rings. The summed E-state index contributed by atoms with van der Waals surface area (Å²) in [5.74, 6) is -1.73. The maximum Gasteiger partial charge on any atom is 0.339 e. The fraction of sp³-hybridized carbons (Fsp3) is 0.133. The van der Waals surface area contributed by atoms with Crippen LogP contribution in [0.1, 0.15) is 15.9 Å². The van der Waals surface area contributed by atoms with Crippen LogP contribution in [-0.2, 0) is 11.3 Å². The van der Waals surface area contributed by atoms with Crippen LogP contribution >= 0.6 is 0 Å². The van der Waals surface area contributed by atoms with E-state index in [1.807, 2.05) is 0 Å². The molecule has 0 saturated carbocycles. The molecule has 0 aromatic heterocycles. The lowest BCUT2D eigenvalue weighted by Gasteiger charge is -2.11. The van der Waals surface area contributed by atoms with E-state index in [1.165, 1.54) is 19.2 Å². The average Bonchev–Trinajstić information content (AvgIpc) is 2.46. The van der Waals surface area contributed by atoms with Gasteiger partial charge in [0.05, 0.1) is 12.7 Å². The lowest BCUT2D eigenvalue weighted by Crippen LogP contribution is -2.09. The first-order valence-corrected chi connectivity index (χ1v) is 5.97. The number of benzene rings is 2. The Balaban J connectivity index is 2.17. The molecule has 2 aromatic carbocycles. The predicted molar refractivity (Wildman–Crippen MR) is 71.5 cm³/mol. The van der Waals surface area contributed by atoms with Crippen LogP contribution in [0, 0.1) is 11.6 Å². The fourth-order valence-corrected chi connectivity index (χ4v) is 1.78. The summed E-state index contributed by atoms with van der Waals surface area (Å²) in [6.07, 6.45) is 0. The van der Waals surface area contributed by atoms with E-state index in [0.717, 1.165) is 6.07 Å². The summed E-state index contributed by atoms with van der Waals surface area (Å²) in [6.45, 7) is 0.139. The number of rotatable bonds is 4. The van der Waals surface area contributed by atoms with Crippen LogP contribution in [0.5, 0.6) is 0 Å². The van der Waals surface area contributed by atoms with Gasteiger partial charge in [0.25, 0.3) is 0 Å². The van der Waals surface area contributed by atoms with Gasteiger partial charge in [0.1, 0.15) is 11.6 Å². The normalized spacial score (nSPS) is 10.2. The van der Waals surface area contributed by atoms with E-state index in [2.05, 4.69) is 10.1 Å². The van der Waals surface area contributed by atoms with Crippen LogP contribution < -0.4 is 5.32 Å². The molecule has 5 heteroatoms. The SMILES string of the molecule is COC(=O)c1ccccc1NCc1ccc(F)cc1F. The number of nitrogens with one attached hydrogen (secondary N) is 1. The van der Waals surface area contributed by atoms with Crippen molar-refractivity contribution in [1.29, 1.82) is 0 Å². The largest absolute Gasteiger partial charge is 0.465 e. The number of halogens is 2. The minimum atomic E-state index is -0.631. The van der Waals surface area contributed by atoms with Crippen molar-refractivity contribution in [2.45, 2.75) is 6.54 Å². The molecule has 0 fully saturated rings. The third kappa shape index (κ3) is 3.12. The number of carbonyl (C=O) groups excluding carboxylic acids is 1. The maximum atomic E-state index is 13.5. The number of carbonyl (C=O) groups is 1. The van der Waals surface area contributed by atoms with Crippen molar-refractivity contribution in [1.82, 2.24) is 0 Å². The molecule has 0 amide bonds. The van der Waals surface area contributed by atoms with Gasteiger partial charge in [-0.05, 0) is 18.2 Å². The first kappa shape index (κ1) is 14.0. The van der Waals surface area contributed by atoms with Crippen LogP contribution in [0.25, 0.3) is 0 Å². The molecule has 2 aromatic rings. The van der Waals surface area contributed by atoms with Crippen molar-refractivity contribution in [3.05, 3.63) is 65.2 Å². The standard InChI is InChI=1S/C15H13F2NO2/c1-20-15(19)12-4-2-3-5-14(12)18-9-10-6-7-11(16)8-13(10)17/h2-8,18H,9H2,1H3. The Morgan fingerprint density at radius 1 is 1.20 bits per heavy atom. The Hall–Kier alpha value is -2.43. The Morgan fingerprint density at radius 3 is 2.65 bits per heavy atom. The molecule has 0 heterocycles. The fourth-order valence-electron chi connectivity index (χ4n) is 1.78. The highest BCUT2D eigenvalue weighted by atomic mass is 19.1. The van der Waals surface area contributed by atoms with E-state index in [0.29, 0.717) is 16.8 Å². The second-order valence-electron chi connectivity index (χ2n) is 4.13. The van der Waals surface area contributed by atoms with Gasteiger partial charge >= 0.3 is 5.97 Å². The Morgan fingerprint density at radius 2 is 1.95 bits per heavy atom. The molecule has 0 spiro atoms. The lowest BCUT2D eigenvalue weighted by atomic mass is 10.1. The zero-order chi connectivity index (χ0) is 14.5. The van der Waals surface area contributed by atoms with Crippen LogP contribution in [0.3, 0.4) is 0 Å². The van der Waals surface area contributed by atoms with Crippen molar-refractivity contribution in [3.8, 4) is 0 Å². The molecular weight excluding hydrogens is 264 g/mol. The van der Waals surface area contributed by atoms with Crippen LogP contribution in [-0.4, -0.2) is 13.1 Å². The zero-order valence-electron chi connectivity index (χ0n) is 10.8. The molecule has 0 bridgehead atoms. The van der Waals surface area contributed by atoms with E-state index in [9.17, 15) is 13.6 Å². The highest BCUT2D eigenvalue weighted by molar-refractivity contribution is 5.95. The van der Waals surface area contributed by atoms with E-state index < -0.39 is 17.6 Å². The second-order valence-corrected chi connectivity index (χ2v) is 4.13. The average molecular weight is 277 g/mol. The molecule has 0 radical (unpaired) electrons. The number of ether oxygens (including phenoxy) is 1. The molecule has 3 nitrogen and oxygen atoms in total. The Labute approximate surface area is 115 Å². The summed E-state index contributed by atoms with van der Waals surface area (Å²) in [5, 5.41) is 2.94. The number of para-hydroxylation sites is 1. The molecular formula is C15H13F2NO2. The molecule has 0 atom stereocenters. The summed E-state index contributed by atoms with van der Waals surface area (Å²) in [4.78, 5) is 11.6. The minimum absolute atomic E-state index is 0.139. The molecule has 104 valence electrons. The number of esters is 1. The summed E-state index contributed by atoms with van der Waals surface area (Å²) in [6, 6.07) is 10.1. The van der Waals surface area contributed by atoms with Crippen molar-refractivity contribution in [3.63, 3.8) is 0 Å². The monoisotopic (exact) mass is 277 g/mol.